The summed E-state index contributed by atoms with van der Waals surface area (Å²) in [7, 11) is 1.40. The molecule has 0 radical (unpaired) electrons. The molecule has 3 aliphatic rings. The number of rotatable bonds is 5. The van der Waals surface area contributed by atoms with E-state index in [0.717, 1.165) is 48.9 Å². The number of carbonyl (C=O) groups excluding carboxylic acids is 2. The number of carbonyl (C=O) groups is 2. The third-order valence-corrected chi connectivity index (χ3v) is 8.32. The summed E-state index contributed by atoms with van der Waals surface area (Å²) >= 11 is 3.54. The van der Waals surface area contributed by atoms with Gasteiger partial charge in [0.2, 0.25) is 0 Å². The molecule has 0 spiro atoms. The number of likely N-dealkylation sites (tertiary alicyclic amines) is 1. The Hall–Kier alpha value is -1.84. The van der Waals surface area contributed by atoms with Gasteiger partial charge < -0.3 is 24.0 Å². The highest BCUT2D eigenvalue weighted by Crippen LogP contribution is 2.35. The Bertz CT molecular complexity index is 957. The number of amides is 1. The van der Waals surface area contributed by atoms with Gasteiger partial charge in [-0.05, 0) is 94.4 Å². The summed E-state index contributed by atoms with van der Waals surface area (Å²) in [5.41, 5.74) is 1.20. The van der Waals surface area contributed by atoms with E-state index < -0.39 is 5.60 Å². The van der Waals surface area contributed by atoms with E-state index >= 15 is 0 Å². The van der Waals surface area contributed by atoms with E-state index in [-0.39, 0.29) is 18.2 Å². The van der Waals surface area contributed by atoms with Gasteiger partial charge in [0.1, 0.15) is 5.60 Å². The Morgan fingerprint density at radius 1 is 1.00 bits per heavy atom. The number of ether oxygens (including phenoxy) is 3. The van der Waals surface area contributed by atoms with Crippen LogP contribution < -0.4 is 4.90 Å². The van der Waals surface area contributed by atoms with Gasteiger partial charge in [-0.1, -0.05) is 0 Å². The average molecular weight is 581 g/mol. The first kappa shape index (κ1) is 28.2. The van der Waals surface area contributed by atoms with Crippen LogP contribution in [0, 0.1) is 0 Å². The summed E-state index contributed by atoms with van der Waals surface area (Å²) in [6, 6.07) is 7.15. The lowest BCUT2D eigenvalue weighted by atomic mass is 9.86. The van der Waals surface area contributed by atoms with Gasteiger partial charge in [-0.3, -0.25) is 4.90 Å². The van der Waals surface area contributed by atoms with Crippen molar-refractivity contribution in [2.45, 2.75) is 96.2 Å². The molecule has 2 atom stereocenters. The van der Waals surface area contributed by atoms with E-state index in [4.69, 9.17) is 14.2 Å². The average Bonchev–Trinajstić information content (AvgIpc) is 2.79. The molecule has 1 aromatic rings. The quantitative estimate of drug-likeness (QED) is 0.450. The Labute approximate surface area is 229 Å². The number of hydrogen-bond acceptors (Lipinski definition) is 7. The van der Waals surface area contributed by atoms with Gasteiger partial charge in [0.25, 0.3) is 0 Å². The number of hydrogen-bond donors (Lipinski definition) is 0. The fourth-order valence-corrected chi connectivity index (χ4v) is 6.36. The van der Waals surface area contributed by atoms with Crippen molar-refractivity contribution >= 4 is 33.7 Å². The maximum atomic E-state index is 12.3. The highest BCUT2D eigenvalue weighted by atomic mass is 79.9. The fourth-order valence-electron chi connectivity index (χ4n) is 5.83. The highest BCUT2D eigenvalue weighted by Gasteiger charge is 2.41. The molecule has 4 rings (SSSR count). The van der Waals surface area contributed by atoms with Gasteiger partial charge in [0.15, 0.2) is 0 Å². The zero-order valence-electron chi connectivity index (χ0n) is 23.0. The normalized spacial score (nSPS) is 27.5. The van der Waals surface area contributed by atoms with Crippen molar-refractivity contribution < 1.29 is 23.8 Å². The van der Waals surface area contributed by atoms with E-state index in [0.29, 0.717) is 42.9 Å². The number of benzene rings is 1. The Morgan fingerprint density at radius 3 is 2.16 bits per heavy atom. The van der Waals surface area contributed by atoms with Crippen LogP contribution in [-0.4, -0.2) is 91.1 Å². The van der Waals surface area contributed by atoms with Crippen LogP contribution in [0.1, 0.15) is 70.7 Å². The van der Waals surface area contributed by atoms with Gasteiger partial charge in [0.05, 0.1) is 24.9 Å². The van der Waals surface area contributed by atoms with E-state index in [1.807, 2.05) is 39.0 Å². The van der Waals surface area contributed by atoms with E-state index in [1.165, 1.54) is 7.11 Å². The molecule has 1 saturated carbocycles. The van der Waals surface area contributed by atoms with E-state index in [9.17, 15) is 9.59 Å². The number of piperidine rings is 1. The van der Waals surface area contributed by atoms with E-state index in [2.05, 4.69) is 39.6 Å². The van der Waals surface area contributed by atoms with Crippen LogP contribution in [0.3, 0.4) is 0 Å². The largest absolute Gasteiger partial charge is 0.465 e. The lowest BCUT2D eigenvalue weighted by Gasteiger charge is -2.52. The van der Waals surface area contributed by atoms with Crippen molar-refractivity contribution in [1.82, 2.24) is 9.80 Å². The minimum Gasteiger partial charge on any atom is -0.465 e. The molecule has 2 heterocycles. The van der Waals surface area contributed by atoms with Crippen LogP contribution in [0.5, 0.6) is 0 Å². The topological polar surface area (TPSA) is 71.6 Å². The Balaban J connectivity index is 1.22. The number of halogens is 1. The molecule has 1 amide bonds. The van der Waals surface area contributed by atoms with Crippen molar-refractivity contribution in [3.63, 3.8) is 0 Å². The molecule has 2 aliphatic heterocycles. The van der Waals surface area contributed by atoms with Crippen molar-refractivity contribution in [2.75, 3.05) is 38.2 Å². The molecule has 9 heteroatoms. The maximum Gasteiger partial charge on any atom is 0.410 e. The number of anilines is 1. The molecule has 0 bridgehead atoms. The third-order valence-electron chi connectivity index (χ3n) is 7.67. The van der Waals surface area contributed by atoms with Crippen LogP contribution in [0.15, 0.2) is 22.7 Å². The summed E-state index contributed by atoms with van der Waals surface area (Å²) in [5.74, 6) is -0.334. The molecule has 3 fully saturated rings. The smallest absolute Gasteiger partial charge is 0.410 e. The minimum atomic E-state index is -0.460. The number of methoxy groups -OCH3 is 1. The lowest BCUT2D eigenvalue weighted by Crippen LogP contribution is -2.62. The summed E-state index contributed by atoms with van der Waals surface area (Å²) in [4.78, 5) is 31.1. The molecule has 1 aliphatic carbocycles. The van der Waals surface area contributed by atoms with Gasteiger partial charge in [-0.15, -0.1) is 0 Å². The van der Waals surface area contributed by atoms with Crippen LogP contribution >= 0.6 is 15.9 Å². The van der Waals surface area contributed by atoms with Gasteiger partial charge in [-0.25, -0.2) is 9.59 Å². The number of nitrogens with zero attached hydrogens (tertiary/aromatic N) is 3. The zero-order valence-corrected chi connectivity index (χ0v) is 24.6. The van der Waals surface area contributed by atoms with Gasteiger partial charge in [-0.2, -0.15) is 0 Å². The van der Waals surface area contributed by atoms with Crippen molar-refractivity contribution in [3.05, 3.63) is 28.2 Å². The molecule has 206 valence electrons. The standard InChI is InChI=1S/C28H42BrN3O5/c1-18-16-31(17-19(2)32(18)20-7-8-24(25(29)15-20)26(33)35-6)21-13-23(14-21)36-22-9-11-30(12-10-22)27(34)37-28(3,4)5/h7-8,15,18-19,21-23H,9-14,16-17H2,1-6H3/t18-,19+,21?,23?. The molecular weight excluding hydrogens is 538 g/mol. The monoisotopic (exact) mass is 579 g/mol. The summed E-state index contributed by atoms with van der Waals surface area (Å²) in [5, 5.41) is 0. The highest BCUT2D eigenvalue weighted by molar-refractivity contribution is 9.10. The second-order valence-electron chi connectivity index (χ2n) is 11.8. The Kier molecular flexibility index (Phi) is 8.75. The minimum absolute atomic E-state index is 0.219. The molecule has 0 aromatic heterocycles. The first-order valence-corrected chi connectivity index (χ1v) is 14.3. The fraction of sp³-hybridized carbons (Fsp3) is 0.714. The summed E-state index contributed by atoms with van der Waals surface area (Å²) in [6.07, 6.45) is 4.22. The number of esters is 1. The lowest BCUT2D eigenvalue weighted by molar-refractivity contribution is -0.106. The molecule has 0 unspecified atom stereocenters. The molecule has 1 aromatic carbocycles. The molecular formula is C28H42BrN3O5. The summed E-state index contributed by atoms with van der Waals surface area (Å²) in [6.45, 7) is 13.7. The van der Waals surface area contributed by atoms with Crippen LogP contribution in [0.25, 0.3) is 0 Å². The van der Waals surface area contributed by atoms with Crippen LogP contribution in [0.4, 0.5) is 10.5 Å². The first-order valence-electron chi connectivity index (χ1n) is 13.5. The van der Waals surface area contributed by atoms with Crippen LogP contribution in [-0.2, 0) is 14.2 Å². The SMILES string of the molecule is COC(=O)c1ccc(N2[C@H](C)CN(C3CC(OC4CCN(C(=O)OC(C)(C)C)CC4)C3)C[C@@H]2C)cc1Br. The van der Waals surface area contributed by atoms with E-state index in [1.54, 1.807) is 4.90 Å². The van der Waals surface area contributed by atoms with Crippen molar-refractivity contribution in [1.29, 1.82) is 0 Å². The maximum absolute atomic E-state index is 12.3. The molecule has 8 nitrogen and oxygen atoms in total. The van der Waals surface area contributed by atoms with Crippen molar-refractivity contribution in [3.8, 4) is 0 Å². The first-order chi connectivity index (χ1) is 17.4. The van der Waals surface area contributed by atoms with Crippen molar-refractivity contribution in [2.24, 2.45) is 0 Å². The summed E-state index contributed by atoms with van der Waals surface area (Å²) < 4.78 is 17.5. The third kappa shape index (κ3) is 6.79. The Morgan fingerprint density at radius 2 is 1.62 bits per heavy atom. The predicted octanol–water partition coefficient (Wildman–Crippen LogP) is 5.08. The van der Waals surface area contributed by atoms with Crippen LogP contribution in [0.2, 0.25) is 0 Å². The number of piperazine rings is 1. The predicted molar refractivity (Wildman–Crippen MR) is 147 cm³/mol. The zero-order chi connectivity index (χ0) is 26.9. The molecule has 2 saturated heterocycles. The molecule has 37 heavy (non-hydrogen) atoms. The second-order valence-corrected chi connectivity index (χ2v) is 12.6. The van der Waals surface area contributed by atoms with Gasteiger partial charge in [0, 0.05) is 54.5 Å². The molecule has 0 N–H and O–H groups in total. The second kappa shape index (κ2) is 11.5. The van der Waals surface area contributed by atoms with Gasteiger partial charge >= 0.3 is 12.1 Å².